The van der Waals surface area contributed by atoms with Gasteiger partial charge in [-0.15, -0.1) is 0 Å². The zero-order chi connectivity index (χ0) is 16.8. The first-order valence-corrected chi connectivity index (χ1v) is 8.35. The molecule has 120 valence electrons. The highest BCUT2D eigenvalue weighted by Crippen LogP contribution is 2.36. The Morgan fingerprint density at radius 2 is 1.78 bits per heavy atom. The molecule has 0 radical (unpaired) electrons. The van der Waals surface area contributed by atoms with Gasteiger partial charge in [-0.1, -0.05) is 24.3 Å². The molecule has 7 nitrogen and oxygen atoms in total. The van der Waals surface area contributed by atoms with E-state index in [9.17, 15) is 18.0 Å². The van der Waals surface area contributed by atoms with E-state index in [0.29, 0.717) is 16.5 Å². The number of carbonyl (C=O) groups is 2. The molecule has 0 saturated carbocycles. The standard InChI is InChI=1S/C15H13NO6S/c1-22-12-8-11-13(10-5-3-2-4-9(10)12)15(18)16(14(11)17)6-7-23(19,20)21/h2-5,8H,6-7H2,1H3,(H,19,20,21). The van der Waals surface area contributed by atoms with Gasteiger partial charge in [0.15, 0.2) is 0 Å². The summed E-state index contributed by atoms with van der Waals surface area (Å²) < 4.78 is 35.8. The van der Waals surface area contributed by atoms with E-state index in [4.69, 9.17) is 9.29 Å². The van der Waals surface area contributed by atoms with Crippen molar-refractivity contribution < 1.29 is 27.3 Å². The molecule has 3 rings (SSSR count). The molecule has 2 aromatic rings. The molecule has 0 bridgehead atoms. The van der Waals surface area contributed by atoms with Crippen molar-refractivity contribution in [2.45, 2.75) is 0 Å². The Labute approximate surface area is 132 Å². The molecule has 0 saturated heterocycles. The van der Waals surface area contributed by atoms with Crippen LogP contribution in [0, 0.1) is 0 Å². The molecule has 0 aromatic heterocycles. The van der Waals surface area contributed by atoms with E-state index in [0.717, 1.165) is 4.90 Å². The van der Waals surface area contributed by atoms with Crippen LogP contribution in [0.1, 0.15) is 20.7 Å². The van der Waals surface area contributed by atoms with Gasteiger partial charge in [0.2, 0.25) is 0 Å². The highest BCUT2D eigenvalue weighted by atomic mass is 32.2. The van der Waals surface area contributed by atoms with Gasteiger partial charge >= 0.3 is 0 Å². The van der Waals surface area contributed by atoms with Gasteiger partial charge in [-0.2, -0.15) is 8.42 Å². The number of rotatable bonds is 4. The summed E-state index contributed by atoms with van der Waals surface area (Å²) in [5, 5.41) is 1.25. The molecule has 0 aliphatic carbocycles. The number of benzene rings is 2. The third-order valence-corrected chi connectivity index (χ3v) is 4.43. The Balaban J connectivity index is 2.13. The second-order valence-corrected chi connectivity index (χ2v) is 6.67. The number of amides is 2. The maximum absolute atomic E-state index is 12.5. The number of fused-ring (bicyclic) bond motifs is 3. The van der Waals surface area contributed by atoms with E-state index < -0.39 is 34.2 Å². The van der Waals surface area contributed by atoms with Crippen molar-refractivity contribution in [3.63, 3.8) is 0 Å². The van der Waals surface area contributed by atoms with Crippen molar-refractivity contribution in [3.8, 4) is 5.75 Å². The van der Waals surface area contributed by atoms with E-state index in [2.05, 4.69) is 0 Å². The zero-order valence-corrected chi connectivity index (χ0v) is 13.0. The van der Waals surface area contributed by atoms with E-state index in [1.807, 2.05) is 0 Å². The summed E-state index contributed by atoms with van der Waals surface area (Å²) >= 11 is 0. The summed E-state index contributed by atoms with van der Waals surface area (Å²) in [6.07, 6.45) is 0. The van der Waals surface area contributed by atoms with E-state index in [-0.39, 0.29) is 11.1 Å². The van der Waals surface area contributed by atoms with Crippen LogP contribution >= 0.6 is 0 Å². The molecule has 0 unspecified atom stereocenters. The highest BCUT2D eigenvalue weighted by Gasteiger charge is 2.38. The first-order valence-electron chi connectivity index (χ1n) is 6.74. The van der Waals surface area contributed by atoms with E-state index in [1.165, 1.54) is 13.2 Å². The summed E-state index contributed by atoms with van der Waals surface area (Å²) in [5.74, 6) is -1.42. The second-order valence-electron chi connectivity index (χ2n) is 5.09. The normalized spacial score (nSPS) is 14.4. The number of carbonyl (C=O) groups excluding carboxylic acids is 2. The average molecular weight is 335 g/mol. The predicted molar refractivity (Wildman–Crippen MR) is 82.3 cm³/mol. The Kier molecular flexibility index (Phi) is 3.57. The molecule has 1 N–H and O–H groups in total. The maximum atomic E-state index is 12.5. The van der Waals surface area contributed by atoms with E-state index in [1.54, 1.807) is 24.3 Å². The third kappa shape index (κ3) is 2.55. The van der Waals surface area contributed by atoms with Crippen LogP contribution in [0.15, 0.2) is 30.3 Å². The fourth-order valence-electron chi connectivity index (χ4n) is 2.69. The second kappa shape index (κ2) is 5.32. The molecule has 0 spiro atoms. The molecule has 2 aromatic carbocycles. The van der Waals surface area contributed by atoms with Crippen LogP contribution < -0.4 is 4.74 Å². The highest BCUT2D eigenvalue weighted by molar-refractivity contribution is 7.85. The van der Waals surface area contributed by atoms with Gasteiger partial charge in [0, 0.05) is 11.9 Å². The third-order valence-electron chi connectivity index (χ3n) is 3.73. The van der Waals surface area contributed by atoms with Crippen molar-refractivity contribution >= 4 is 32.7 Å². The number of ether oxygens (including phenoxy) is 1. The number of hydrogen-bond acceptors (Lipinski definition) is 5. The minimum absolute atomic E-state index is 0.167. The van der Waals surface area contributed by atoms with Gasteiger partial charge in [-0.3, -0.25) is 19.0 Å². The Hall–Kier alpha value is -2.45. The monoisotopic (exact) mass is 335 g/mol. The smallest absolute Gasteiger partial charge is 0.266 e. The number of methoxy groups -OCH3 is 1. The van der Waals surface area contributed by atoms with Crippen LogP contribution in [-0.4, -0.2) is 49.1 Å². The van der Waals surface area contributed by atoms with Crippen molar-refractivity contribution in [1.29, 1.82) is 0 Å². The van der Waals surface area contributed by atoms with Gasteiger partial charge in [-0.05, 0) is 11.5 Å². The minimum atomic E-state index is -4.27. The average Bonchev–Trinajstić information content (AvgIpc) is 2.75. The van der Waals surface area contributed by atoms with Gasteiger partial charge in [0.05, 0.1) is 24.0 Å². The van der Waals surface area contributed by atoms with Crippen LogP contribution in [0.25, 0.3) is 10.8 Å². The summed E-state index contributed by atoms with van der Waals surface area (Å²) in [6.45, 7) is -0.401. The Morgan fingerprint density at radius 1 is 1.13 bits per heavy atom. The number of imide groups is 1. The maximum Gasteiger partial charge on any atom is 0.266 e. The zero-order valence-electron chi connectivity index (χ0n) is 12.1. The van der Waals surface area contributed by atoms with Crippen LogP contribution in [0.4, 0.5) is 0 Å². The summed E-state index contributed by atoms with van der Waals surface area (Å²) in [5.41, 5.74) is 0.391. The Morgan fingerprint density at radius 3 is 2.39 bits per heavy atom. The first-order chi connectivity index (χ1) is 10.8. The van der Waals surface area contributed by atoms with Crippen molar-refractivity contribution in [2.24, 2.45) is 0 Å². The van der Waals surface area contributed by atoms with Crippen LogP contribution in [0.5, 0.6) is 5.75 Å². The largest absolute Gasteiger partial charge is 0.496 e. The fraction of sp³-hybridized carbons (Fsp3) is 0.200. The van der Waals surface area contributed by atoms with Gasteiger partial charge in [-0.25, -0.2) is 0 Å². The van der Waals surface area contributed by atoms with Crippen molar-refractivity contribution in [3.05, 3.63) is 41.5 Å². The molecule has 1 aliphatic heterocycles. The lowest BCUT2D eigenvalue weighted by atomic mass is 9.99. The lowest BCUT2D eigenvalue weighted by molar-refractivity contribution is 0.0664. The Bertz CT molecular complexity index is 934. The number of hydrogen-bond donors (Lipinski definition) is 1. The summed E-state index contributed by atoms with van der Waals surface area (Å²) in [6, 6.07) is 8.47. The molecule has 0 atom stereocenters. The van der Waals surface area contributed by atoms with Crippen LogP contribution in [0.2, 0.25) is 0 Å². The lowest BCUT2D eigenvalue weighted by Crippen LogP contribution is -2.34. The molecule has 1 heterocycles. The summed E-state index contributed by atoms with van der Waals surface area (Å²) in [7, 11) is -2.81. The topological polar surface area (TPSA) is 101 Å². The molecule has 2 amide bonds. The van der Waals surface area contributed by atoms with Crippen LogP contribution in [0.3, 0.4) is 0 Å². The van der Waals surface area contributed by atoms with Gasteiger partial charge < -0.3 is 4.74 Å². The molecule has 0 fully saturated rings. The fourth-order valence-corrected chi connectivity index (χ4v) is 3.11. The molecular weight excluding hydrogens is 322 g/mol. The summed E-state index contributed by atoms with van der Waals surface area (Å²) in [4.78, 5) is 25.8. The van der Waals surface area contributed by atoms with Crippen molar-refractivity contribution in [1.82, 2.24) is 4.90 Å². The van der Waals surface area contributed by atoms with Crippen molar-refractivity contribution in [2.75, 3.05) is 19.4 Å². The number of nitrogens with zero attached hydrogens (tertiary/aromatic N) is 1. The SMILES string of the molecule is COc1cc2c(c3ccccc13)C(=O)N(CCS(=O)(=O)O)C2=O. The molecule has 8 heteroatoms. The molecular formula is C15H13NO6S. The van der Waals surface area contributed by atoms with Crippen LogP contribution in [-0.2, 0) is 10.1 Å². The molecule has 23 heavy (non-hydrogen) atoms. The lowest BCUT2D eigenvalue weighted by Gasteiger charge is -2.12. The predicted octanol–water partition coefficient (Wildman–Crippen LogP) is 1.33. The van der Waals surface area contributed by atoms with Gasteiger partial charge in [0.25, 0.3) is 21.9 Å². The first kappa shape index (κ1) is 15.4. The minimum Gasteiger partial charge on any atom is -0.496 e. The quantitative estimate of drug-likeness (QED) is 0.668. The van der Waals surface area contributed by atoms with Gasteiger partial charge in [0.1, 0.15) is 5.75 Å². The molecule has 1 aliphatic rings. The van der Waals surface area contributed by atoms with E-state index >= 15 is 0 Å².